The van der Waals surface area contributed by atoms with E-state index in [4.69, 9.17) is 4.74 Å². The van der Waals surface area contributed by atoms with Gasteiger partial charge in [0.15, 0.2) is 0 Å². The SMILES string of the molecule is CCOC(=O)c1ccc(N2CCN(C(=O)CCn3cc([N+](=O)[O-])nc3C)CC2)nc1. The molecule has 1 aliphatic heterocycles. The molecule has 0 saturated carbocycles. The van der Waals surface area contributed by atoms with Crippen molar-refractivity contribution in [1.82, 2.24) is 19.4 Å². The maximum absolute atomic E-state index is 12.5. The van der Waals surface area contributed by atoms with Gasteiger partial charge < -0.3 is 29.2 Å². The fraction of sp³-hybridized carbons (Fsp3) is 0.474. The number of ether oxygens (including phenoxy) is 1. The Bertz CT molecular complexity index is 918. The number of hydrogen-bond acceptors (Lipinski definition) is 8. The average molecular weight is 416 g/mol. The number of imidazole rings is 1. The number of aromatic nitrogens is 3. The number of carbonyl (C=O) groups excluding carboxylic acids is 2. The van der Waals surface area contributed by atoms with Gasteiger partial charge in [0.1, 0.15) is 12.0 Å². The van der Waals surface area contributed by atoms with E-state index in [0.29, 0.717) is 50.7 Å². The van der Waals surface area contributed by atoms with E-state index in [0.717, 1.165) is 5.82 Å². The Morgan fingerprint density at radius 1 is 1.23 bits per heavy atom. The largest absolute Gasteiger partial charge is 0.462 e. The number of hydrogen-bond donors (Lipinski definition) is 0. The summed E-state index contributed by atoms with van der Waals surface area (Å²) in [5, 5.41) is 10.8. The number of rotatable bonds is 7. The van der Waals surface area contributed by atoms with Crippen molar-refractivity contribution in [2.24, 2.45) is 0 Å². The molecule has 1 amide bonds. The van der Waals surface area contributed by atoms with Gasteiger partial charge in [0, 0.05) is 52.3 Å². The highest BCUT2D eigenvalue weighted by atomic mass is 16.6. The van der Waals surface area contributed by atoms with Crippen LogP contribution in [0, 0.1) is 17.0 Å². The molecule has 1 saturated heterocycles. The summed E-state index contributed by atoms with van der Waals surface area (Å²) in [6.07, 6.45) is 3.10. The molecule has 0 radical (unpaired) electrons. The van der Waals surface area contributed by atoms with E-state index in [9.17, 15) is 19.7 Å². The zero-order chi connectivity index (χ0) is 21.7. The number of aryl methyl sites for hydroxylation is 2. The van der Waals surface area contributed by atoms with Crippen molar-refractivity contribution >= 4 is 23.5 Å². The Labute approximate surface area is 173 Å². The Morgan fingerprint density at radius 3 is 2.53 bits per heavy atom. The molecule has 2 aromatic rings. The first kappa shape index (κ1) is 21.2. The lowest BCUT2D eigenvalue weighted by Gasteiger charge is -2.35. The minimum Gasteiger partial charge on any atom is -0.462 e. The Balaban J connectivity index is 1.49. The quantitative estimate of drug-likeness (QED) is 0.377. The van der Waals surface area contributed by atoms with Crippen molar-refractivity contribution in [3.8, 4) is 0 Å². The first-order valence-corrected chi connectivity index (χ1v) is 9.73. The highest BCUT2D eigenvalue weighted by Crippen LogP contribution is 2.16. The Hall–Kier alpha value is -3.50. The molecule has 0 unspecified atom stereocenters. The summed E-state index contributed by atoms with van der Waals surface area (Å²) in [6.45, 7) is 6.47. The lowest BCUT2D eigenvalue weighted by atomic mass is 10.2. The third kappa shape index (κ3) is 4.91. The smallest absolute Gasteiger partial charge is 0.381 e. The topological polar surface area (TPSA) is 124 Å². The van der Waals surface area contributed by atoms with Gasteiger partial charge in [-0.25, -0.2) is 9.78 Å². The zero-order valence-corrected chi connectivity index (χ0v) is 17.0. The lowest BCUT2D eigenvalue weighted by molar-refractivity contribution is -0.389. The fourth-order valence-corrected chi connectivity index (χ4v) is 3.27. The van der Waals surface area contributed by atoms with Crippen LogP contribution in [-0.2, 0) is 16.1 Å². The first-order chi connectivity index (χ1) is 14.4. The maximum Gasteiger partial charge on any atom is 0.381 e. The summed E-state index contributed by atoms with van der Waals surface area (Å²) < 4.78 is 6.58. The molecule has 0 bridgehead atoms. The van der Waals surface area contributed by atoms with Gasteiger partial charge in [-0.15, -0.1) is 0 Å². The molecule has 11 nitrogen and oxygen atoms in total. The number of pyridine rings is 1. The van der Waals surface area contributed by atoms with E-state index in [1.54, 1.807) is 35.4 Å². The van der Waals surface area contributed by atoms with Crippen LogP contribution in [-0.4, -0.2) is 69.0 Å². The summed E-state index contributed by atoms with van der Waals surface area (Å²) >= 11 is 0. The summed E-state index contributed by atoms with van der Waals surface area (Å²) in [5.41, 5.74) is 0.407. The van der Waals surface area contributed by atoms with Gasteiger partial charge in [-0.1, -0.05) is 0 Å². The predicted octanol–water partition coefficient (Wildman–Crippen LogP) is 1.41. The zero-order valence-electron chi connectivity index (χ0n) is 17.0. The summed E-state index contributed by atoms with van der Waals surface area (Å²) in [7, 11) is 0. The van der Waals surface area contributed by atoms with E-state index >= 15 is 0 Å². The molecule has 11 heteroatoms. The highest BCUT2D eigenvalue weighted by molar-refractivity contribution is 5.89. The van der Waals surface area contributed by atoms with Crippen LogP contribution in [0.4, 0.5) is 11.6 Å². The van der Waals surface area contributed by atoms with Crippen molar-refractivity contribution in [2.45, 2.75) is 26.8 Å². The molecule has 0 aliphatic carbocycles. The van der Waals surface area contributed by atoms with Gasteiger partial charge in [-0.05, 0) is 29.0 Å². The van der Waals surface area contributed by atoms with E-state index in [1.807, 2.05) is 0 Å². The predicted molar refractivity (Wildman–Crippen MR) is 107 cm³/mol. The molecule has 3 rings (SSSR count). The lowest BCUT2D eigenvalue weighted by Crippen LogP contribution is -2.49. The number of carbonyl (C=O) groups is 2. The molecule has 0 N–H and O–H groups in total. The van der Waals surface area contributed by atoms with Gasteiger partial charge in [-0.3, -0.25) is 4.79 Å². The van der Waals surface area contributed by atoms with Crippen LogP contribution in [0.3, 0.4) is 0 Å². The van der Waals surface area contributed by atoms with Gasteiger partial charge >= 0.3 is 11.8 Å². The monoisotopic (exact) mass is 416 g/mol. The van der Waals surface area contributed by atoms with E-state index in [-0.39, 0.29) is 18.1 Å². The number of esters is 1. The van der Waals surface area contributed by atoms with Crippen LogP contribution >= 0.6 is 0 Å². The molecular weight excluding hydrogens is 392 g/mol. The third-order valence-corrected chi connectivity index (χ3v) is 4.93. The number of amides is 1. The Kier molecular flexibility index (Phi) is 6.60. The summed E-state index contributed by atoms with van der Waals surface area (Å²) in [4.78, 5) is 46.5. The van der Waals surface area contributed by atoms with E-state index in [2.05, 4.69) is 14.9 Å². The standard InChI is InChI=1S/C19H24N6O5/c1-3-30-19(27)15-4-5-16(20-12-15)22-8-10-23(11-9-22)18(26)6-7-24-13-17(25(28)29)21-14(24)2/h4-5,12-13H,3,6-11H2,1-2H3. The molecule has 2 aromatic heterocycles. The van der Waals surface area contributed by atoms with Gasteiger partial charge in [0.25, 0.3) is 0 Å². The number of piperazine rings is 1. The third-order valence-electron chi connectivity index (χ3n) is 4.93. The molecular formula is C19H24N6O5. The molecule has 160 valence electrons. The van der Waals surface area contributed by atoms with Gasteiger partial charge in [0.2, 0.25) is 11.7 Å². The molecule has 0 atom stereocenters. The number of nitrogens with zero attached hydrogens (tertiary/aromatic N) is 6. The molecule has 1 aliphatic rings. The van der Waals surface area contributed by atoms with Crippen LogP contribution in [0.15, 0.2) is 24.5 Å². The summed E-state index contributed by atoms with van der Waals surface area (Å²) in [5.74, 6) is 0.643. The molecule has 0 spiro atoms. The fourth-order valence-electron chi connectivity index (χ4n) is 3.27. The van der Waals surface area contributed by atoms with Crippen LogP contribution in [0.1, 0.15) is 29.5 Å². The van der Waals surface area contributed by atoms with E-state index < -0.39 is 10.9 Å². The minimum atomic E-state index is -0.544. The molecule has 30 heavy (non-hydrogen) atoms. The number of anilines is 1. The summed E-state index contributed by atoms with van der Waals surface area (Å²) in [6, 6.07) is 3.46. The van der Waals surface area contributed by atoms with Crippen molar-refractivity contribution < 1.29 is 19.2 Å². The van der Waals surface area contributed by atoms with Crippen molar-refractivity contribution in [1.29, 1.82) is 0 Å². The second-order valence-electron chi connectivity index (χ2n) is 6.84. The van der Waals surface area contributed by atoms with Crippen LogP contribution < -0.4 is 4.90 Å². The molecule has 0 aromatic carbocycles. The van der Waals surface area contributed by atoms with Crippen molar-refractivity contribution in [3.05, 3.63) is 46.0 Å². The van der Waals surface area contributed by atoms with Gasteiger partial charge in [0.05, 0.1) is 12.2 Å². The second kappa shape index (κ2) is 9.33. The van der Waals surface area contributed by atoms with Gasteiger partial charge in [-0.2, -0.15) is 0 Å². The Morgan fingerprint density at radius 2 is 1.97 bits per heavy atom. The molecule has 3 heterocycles. The van der Waals surface area contributed by atoms with Crippen LogP contribution in [0.2, 0.25) is 0 Å². The average Bonchev–Trinajstić information content (AvgIpc) is 3.13. The first-order valence-electron chi connectivity index (χ1n) is 9.73. The molecule has 1 fully saturated rings. The second-order valence-corrected chi connectivity index (χ2v) is 6.84. The highest BCUT2D eigenvalue weighted by Gasteiger charge is 2.23. The normalized spacial score (nSPS) is 13.9. The maximum atomic E-state index is 12.5. The van der Waals surface area contributed by atoms with Crippen LogP contribution in [0.25, 0.3) is 0 Å². The van der Waals surface area contributed by atoms with Crippen molar-refractivity contribution in [3.63, 3.8) is 0 Å². The van der Waals surface area contributed by atoms with Crippen LogP contribution in [0.5, 0.6) is 0 Å². The van der Waals surface area contributed by atoms with E-state index in [1.165, 1.54) is 12.4 Å². The van der Waals surface area contributed by atoms with Crippen molar-refractivity contribution in [2.75, 3.05) is 37.7 Å². The number of nitro groups is 1. The minimum absolute atomic E-state index is 0.00368.